The largest absolute Gasteiger partial charge is 0.359 e. The normalized spacial score (nSPS) is 11.6. The number of nitrogens with two attached hydrogens (primary N) is 1. The van der Waals surface area contributed by atoms with Gasteiger partial charge in [-0.1, -0.05) is 20.8 Å². The van der Waals surface area contributed by atoms with Gasteiger partial charge in [-0.25, -0.2) is 9.97 Å². The van der Waals surface area contributed by atoms with E-state index in [0.717, 1.165) is 24.6 Å². The zero-order chi connectivity index (χ0) is 12.2. The number of rotatable bonds is 4. The molecule has 16 heavy (non-hydrogen) atoms. The lowest BCUT2D eigenvalue weighted by atomic mass is 9.96. The van der Waals surface area contributed by atoms with Crippen molar-refractivity contribution in [3.05, 3.63) is 18.1 Å². The third-order valence-electron chi connectivity index (χ3n) is 2.16. The van der Waals surface area contributed by atoms with E-state index in [0.29, 0.717) is 6.54 Å². The van der Waals surface area contributed by atoms with Crippen LogP contribution in [0.2, 0.25) is 0 Å². The van der Waals surface area contributed by atoms with Gasteiger partial charge < -0.3 is 10.6 Å². The first-order valence-electron chi connectivity index (χ1n) is 5.65. The van der Waals surface area contributed by atoms with Crippen molar-refractivity contribution in [1.82, 2.24) is 9.97 Å². The van der Waals surface area contributed by atoms with Crippen molar-refractivity contribution in [3.63, 3.8) is 0 Å². The van der Waals surface area contributed by atoms with Crippen LogP contribution in [0.5, 0.6) is 0 Å². The van der Waals surface area contributed by atoms with E-state index in [9.17, 15) is 0 Å². The predicted octanol–water partition coefficient (Wildman–Crippen LogP) is 1.46. The molecule has 0 spiro atoms. The monoisotopic (exact) mass is 222 g/mol. The molecule has 4 heteroatoms. The SMILES string of the molecule is CN(CC(C)(C)C)c1ccnc(CCN)n1. The lowest BCUT2D eigenvalue weighted by Crippen LogP contribution is -2.30. The van der Waals surface area contributed by atoms with Crippen LogP contribution in [0.1, 0.15) is 26.6 Å². The molecule has 2 N–H and O–H groups in total. The van der Waals surface area contributed by atoms with Crippen LogP contribution in [0.15, 0.2) is 12.3 Å². The van der Waals surface area contributed by atoms with Crippen molar-refractivity contribution in [2.45, 2.75) is 27.2 Å². The van der Waals surface area contributed by atoms with Crippen molar-refractivity contribution in [2.75, 3.05) is 25.0 Å². The van der Waals surface area contributed by atoms with Crippen LogP contribution in [0.25, 0.3) is 0 Å². The summed E-state index contributed by atoms with van der Waals surface area (Å²) in [5, 5.41) is 0. The van der Waals surface area contributed by atoms with E-state index in [4.69, 9.17) is 5.73 Å². The smallest absolute Gasteiger partial charge is 0.132 e. The molecule has 1 aromatic heterocycles. The molecule has 1 heterocycles. The first kappa shape index (κ1) is 12.9. The van der Waals surface area contributed by atoms with Crippen molar-refractivity contribution < 1.29 is 0 Å². The molecule has 4 nitrogen and oxygen atoms in total. The van der Waals surface area contributed by atoms with Gasteiger partial charge in [-0.3, -0.25) is 0 Å². The van der Waals surface area contributed by atoms with Crippen molar-refractivity contribution >= 4 is 5.82 Å². The van der Waals surface area contributed by atoms with Crippen LogP contribution < -0.4 is 10.6 Å². The standard InChI is InChI=1S/C12H22N4/c1-12(2,3)9-16(4)11-6-8-14-10(15-11)5-7-13/h6,8H,5,7,9,13H2,1-4H3. The minimum Gasteiger partial charge on any atom is -0.359 e. The van der Waals surface area contributed by atoms with E-state index in [1.807, 2.05) is 6.07 Å². The van der Waals surface area contributed by atoms with E-state index in [-0.39, 0.29) is 5.41 Å². The molecule has 1 aromatic rings. The maximum Gasteiger partial charge on any atom is 0.132 e. The molecule has 0 aliphatic heterocycles. The Labute approximate surface area is 97.9 Å². The maximum atomic E-state index is 5.49. The second kappa shape index (κ2) is 5.25. The third kappa shape index (κ3) is 4.14. The second-order valence-electron chi connectivity index (χ2n) is 5.29. The Morgan fingerprint density at radius 1 is 1.38 bits per heavy atom. The molecular formula is C12H22N4. The van der Waals surface area contributed by atoms with Crippen LogP contribution in [0.3, 0.4) is 0 Å². The summed E-state index contributed by atoms with van der Waals surface area (Å²) in [7, 11) is 2.06. The van der Waals surface area contributed by atoms with Crippen molar-refractivity contribution in [1.29, 1.82) is 0 Å². The van der Waals surface area contributed by atoms with Crippen LogP contribution in [0.4, 0.5) is 5.82 Å². The molecule has 0 radical (unpaired) electrons. The summed E-state index contributed by atoms with van der Waals surface area (Å²) in [5.41, 5.74) is 5.75. The van der Waals surface area contributed by atoms with Crippen LogP contribution in [0, 0.1) is 5.41 Å². The molecule has 0 saturated carbocycles. The van der Waals surface area contributed by atoms with Gasteiger partial charge in [-0.2, -0.15) is 0 Å². The second-order valence-corrected chi connectivity index (χ2v) is 5.29. The van der Waals surface area contributed by atoms with Gasteiger partial charge in [0.15, 0.2) is 0 Å². The number of hydrogen-bond acceptors (Lipinski definition) is 4. The Bertz CT molecular complexity index is 330. The molecule has 0 unspecified atom stereocenters. The van der Waals surface area contributed by atoms with E-state index >= 15 is 0 Å². The fourth-order valence-electron chi connectivity index (χ4n) is 1.64. The van der Waals surface area contributed by atoms with E-state index in [1.165, 1.54) is 0 Å². The van der Waals surface area contributed by atoms with Gasteiger partial charge in [-0.05, 0) is 18.0 Å². The van der Waals surface area contributed by atoms with Gasteiger partial charge in [0.25, 0.3) is 0 Å². The molecule has 0 saturated heterocycles. The number of hydrogen-bond donors (Lipinski definition) is 1. The Morgan fingerprint density at radius 2 is 2.06 bits per heavy atom. The number of anilines is 1. The summed E-state index contributed by atoms with van der Waals surface area (Å²) < 4.78 is 0. The third-order valence-corrected chi connectivity index (χ3v) is 2.16. The highest BCUT2D eigenvalue weighted by Gasteiger charge is 2.14. The lowest BCUT2D eigenvalue weighted by Gasteiger charge is -2.27. The number of aromatic nitrogens is 2. The molecule has 0 bridgehead atoms. The first-order valence-corrected chi connectivity index (χ1v) is 5.65. The number of nitrogens with zero attached hydrogens (tertiary/aromatic N) is 3. The highest BCUT2D eigenvalue weighted by Crippen LogP contribution is 2.18. The quantitative estimate of drug-likeness (QED) is 0.838. The minimum absolute atomic E-state index is 0.258. The van der Waals surface area contributed by atoms with Crippen molar-refractivity contribution in [3.8, 4) is 0 Å². The Morgan fingerprint density at radius 3 is 2.62 bits per heavy atom. The summed E-state index contributed by atoms with van der Waals surface area (Å²) in [6, 6.07) is 1.94. The van der Waals surface area contributed by atoms with Crippen molar-refractivity contribution in [2.24, 2.45) is 11.1 Å². The predicted molar refractivity (Wildman–Crippen MR) is 67.5 cm³/mol. The summed E-state index contributed by atoms with van der Waals surface area (Å²) in [6.07, 6.45) is 2.53. The topological polar surface area (TPSA) is 55.0 Å². The van der Waals surface area contributed by atoms with Gasteiger partial charge in [-0.15, -0.1) is 0 Å². The van der Waals surface area contributed by atoms with E-state index in [2.05, 4.69) is 42.7 Å². The van der Waals surface area contributed by atoms with E-state index < -0.39 is 0 Å². The van der Waals surface area contributed by atoms with Gasteiger partial charge in [0, 0.05) is 26.2 Å². The van der Waals surface area contributed by atoms with Crippen LogP contribution >= 0.6 is 0 Å². The Balaban J connectivity index is 2.75. The fourth-order valence-corrected chi connectivity index (χ4v) is 1.64. The highest BCUT2D eigenvalue weighted by atomic mass is 15.2. The first-order chi connectivity index (χ1) is 7.42. The molecule has 90 valence electrons. The summed E-state index contributed by atoms with van der Waals surface area (Å²) >= 11 is 0. The van der Waals surface area contributed by atoms with Crippen LogP contribution in [-0.2, 0) is 6.42 Å². The van der Waals surface area contributed by atoms with Gasteiger partial charge in [0.1, 0.15) is 11.6 Å². The van der Waals surface area contributed by atoms with Crippen LogP contribution in [-0.4, -0.2) is 30.1 Å². The molecule has 1 rings (SSSR count). The molecule has 0 atom stereocenters. The Kier molecular flexibility index (Phi) is 4.24. The molecule has 0 aliphatic rings. The molecular weight excluding hydrogens is 200 g/mol. The van der Waals surface area contributed by atoms with Gasteiger partial charge >= 0.3 is 0 Å². The highest BCUT2D eigenvalue weighted by molar-refractivity contribution is 5.36. The average Bonchev–Trinajstić information content (AvgIpc) is 2.16. The molecule has 0 aliphatic carbocycles. The summed E-state index contributed by atoms with van der Waals surface area (Å²) in [6.45, 7) is 8.20. The Hall–Kier alpha value is -1.16. The summed E-state index contributed by atoms with van der Waals surface area (Å²) in [4.78, 5) is 10.8. The maximum absolute atomic E-state index is 5.49. The fraction of sp³-hybridized carbons (Fsp3) is 0.667. The molecule has 0 amide bonds. The van der Waals surface area contributed by atoms with E-state index in [1.54, 1.807) is 6.20 Å². The summed E-state index contributed by atoms with van der Waals surface area (Å²) in [5.74, 6) is 1.79. The van der Waals surface area contributed by atoms with Gasteiger partial charge in [0.2, 0.25) is 0 Å². The zero-order valence-corrected chi connectivity index (χ0v) is 10.7. The molecule has 0 aromatic carbocycles. The zero-order valence-electron chi connectivity index (χ0n) is 10.7. The molecule has 0 fully saturated rings. The lowest BCUT2D eigenvalue weighted by molar-refractivity contribution is 0.417. The minimum atomic E-state index is 0.258. The average molecular weight is 222 g/mol. The van der Waals surface area contributed by atoms with Gasteiger partial charge in [0.05, 0.1) is 0 Å².